The van der Waals surface area contributed by atoms with Gasteiger partial charge in [0, 0.05) is 42.6 Å². The average molecular weight is 851 g/mol. The first kappa shape index (κ1) is 44.4. The van der Waals surface area contributed by atoms with Crippen molar-refractivity contribution in [2.75, 3.05) is 20.2 Å². The van der Waals surface area contributed by atoms with Crippen LogP contribution in [0.3, 0.4) is 0 Å². The second-order valence-electron chi connectivity index (χ2n) is 13.6. The van der Waals surface area contributed by atoms with Gasteiger partial charge in [-0.1, -0.05) is 61.3 Å². The number of nitrogens with one attached hydrogen (secondary N) is 1. The lowest BCUT2D eigenvalue weighted by molar-refractivity contribution is -0.167. The Labute approximate surface area is 329 Å². The van der Waals surface area contributed by atoms with Gasteiger partial charge in [0.1, 0.15) is 18.0 Å². The summed E-state index contributed by atoms with van der Waals surface area (Å²) in [6, 6.07) is 12.3. The van der Waals surface area contributed by atoms with Crippen molar-refractivity contribution in [2.24, 2.45) is 11.8 Å². The first-order chi connectivity index (χ1) is 26.1. The van der Waals surface area contributed by atoms with E-state index in [1.807, 2.05) is 0 Å². The molecule has 1 aliphatic heterocycles. The standard InChI is InChI=1S/C37H38Cl2F5N3O8S/c1-21(2)29(33(49)37(43,44)35(51)46-20-36(40,41)42)15-31(48)30-14-28(56(52,53)19-22-7-9-26(54-3)10-8-22)18-47(30)34(50)32(12-23-5-4-6-24(38)11-23)55-27-13-25(39)16-45-17-27/h4-11,13,16-17,21,28-30,32H,12,14-15,18-20H2,1-3H3,(H,46,51)/t28-,29+,30+,32-/m1/s1. The minimum absolute atomic E-state index is 0.0418. The Balaban J connectivity index is 1.70. The minimum atomic E-state index is -5.05. The molecule has 304 valence electrons. The number of carbonyl (C=O) groups excluding carboxylic acids is 4. The second kappa shape index (κ2) is 18.3. The SMILES string of the molecule is COc1ccc(CS(=O)(=O)[C@@H]2C[C@@H](C(=O)C[C@H](C(=O)C(F)(F)C(=O)NCC(F)(F)F)C(C)C)N(C(=O)[C@@H](Cc3cccc(Cl)c3)Oc3cncc(Cl)c3)C2)cc1. The zero-order valence-electron chi connectivity index (χ0n) is 30.2. The predicted octanol–water partition coefficient (Wildman–Crippen LogP) is 6.09. The van der Waals surface area contributed by atoms with Gasteiger partial charge >= 0.3 is 12.1 Å². The van der Waals surface area contributed by atoms with Crippen LogP contribution in [0.1, 0.15) is 37.8 Å². The fourth-order valence-corrected chi connectivity index (χ4v) is 8.29. The number of rotatable bonds is 17. The Morgan fingerprint density at radius 2 is 1.62 bits per heavy atom. The molecule has 11 nitrogen and oxygen atoms in total. The quantitative estimate of drug-likeness (QED) is 0.126. The molecule has 0 saturated carbocycles. The topological polar surface area (TPSA) is 149 Å². The van der Waals surface area contributed by atoms with Crippen molar-refractivity contribution in [3.05, 3.63) is 88.2 Å². The lowest BCUT2D eigenvalue weighted by Crippen LogP contribution is -2.52. The number of nitrogens with zero attached hydrogens (tertiary/aromatic N) is 2. The third kappa shape index (κ3) is 11.6. The molecule has 1 aliphatic rings. The number of alkyl halides is 5. The van der Waals surface area contributed by atoms with E-state index in [0.717, 1.165) is 10.2 Å². The molecule has 2 aromatic carbocycles. The van der Waals surface area contributed by atoms with Gasteiger partial charge in [-0.05, 0) is 47.7 Å². The van der Waals surface area contributed by atoms with E-state index in [-0.39, 0.29) is 17.2 Å². The maximum atomic E-state index is 15.0. The molecule has 3 aromatic rings. The van der Waals surface area contributed by atoms with Crippen molar-refractivity contribution in [2.45, 2.75) is 68.4 Å². The third-order valence-corrected chi connectivity index (χ3v) is 11.6. The van der Waals surface area contributed by atoms with Gasteiger partial charge < -0.3 is 19.7 Å². The number of aromatic nitrogens is 1. The Morgan fingerprint density at radius 1 is 0.946 bits per heavy atom. The van der Waals surface area contributed by atoms with Gasteiger partial charge in [-0.3, -0.25) is 24.2 Å². The van der Waals surface area contributed by atoms with Crippen LogP contribution < -0.4 is 14.8 Å². The first-order valence-electron chi connectivity index (χ1n) is 17.1. The molecule has 4 atom stereocenters. The van der Waals surface area contributed by atoms with Gasteiger partial charge in [0.05, 0.1) is 35.4 Å². The molecule has 0 radical (unpaired) electrons. The number of halogens is 7. The van der Waals surface area contributed by atoms with Crippen LogP contribution in [-0.2, 0) is 41.2 Å². The number of pyridine rings is 1. The highest BCUT2D eigenvalue weighted by Crippen LogP contribution is 2.34. The smallest absolute Gasteiger partial charge is 0.405 e. The second-order valence-corrected chi connectivity index (χ2v) is 16.7. The van der Waals surface area contributed by atoms with E-state index in [0.29, 0.717) is 21.9 Å². The van der Waals surface area contributed by atoms with Gasteiger partial charge in [-0.25, -0.2) is 8.42 Å². The highest BCUT2D eigenvalue weighted by molar-refractivity contribution is 7.91. The molecule has 0 unspecified atom stereocenters. The van der Waals surface area contributed by atoms with Gasteiger partial charge in [0.2, 0.25) is 5.78 Å². The Hall–Kier alpha value is -4.35. The molecule has 1 saturated heterocycles. The Morgan fingerprint density at radius 3 is 2.21 bits per heavy atom. The Kier molecular flexibility index (Phi) is 14.5. The number of amides is 2. The number of hydrogen-bond donors (Lipinski definition) is 1. The molecule has 4 rings (SSSR count). The van der Waals surface area contributed by atoms with E-state index < -0.39 is 106 Å². The number of ether oxygens (including phenoxy) is 2. The highest BCUT2D eigenvalue weighted by atomic mass is 35.5. The highest BCUT2D eigenvalue weighted by Gasteiger charge is 2.53. The number of hydrogen-bond acceptors (Lipinski definition) is 9. The van der Waals surface area contributed by atoms with E-state index in [9.17, 15) is 40.8 Å². The van der Waals surface area contributed by atoms with Crippen LogP contribution in [0.4, 0.5) is 22.0 Å². The van der Waals surface area contributed by atoms with Crippen molar-refractivity contribution >= 4 is 56.4 Å². The summed E-state index contributed by atoms with van der Waals surface area (Å²) in [6.07, 6.45) is -5.57. The largest absolute Gasteiger partial charge is 0.497 e. The molecule has 1 N–H and O–H groups in total. The number of benzene rings is 2. The molecule has 0 bridgehead atoms. The van der Waals surface area contributed by atoms with Gasteiger partial charge in [0.15, 0.2) is 21.7 Å². The summed E-state index contributed by atoms with van der Waals surface area (Å²) >= 11 is 12.3. The van der Waals surface area contributed by atoms with E-state index in [1.54, 1.807) is 36.4 Å². The number of methoxy groups -OCH3 is 1. The molecule has 2 amide bonds. The molecule has 0 aliphatic carbocycles. The van der Waals surface area contributed by atoms with Crippen LogP contribution in [-0.4, -0.2) is 91.4 Å². The van der Waals surface area contributed by atoms with E-state index in [2.05, 4.69) is 4.98 Å². The number of likely N-dealkylation sites (tertiary alicyclic amines) is 1. The summed E-state index contributed by atoms with van der Waals surface area (Å²) < 4.78 is 107. The van der Waals surface area contributed by atoms with Crippen molar-refractivity contribution in [3.63, 3.8) is 0 Å². The maximum Gasteiger partial charge on any atom is 0.405 e. The normalized spacial score (nSPS) is 17.3. The van der Waals surface area contributed by atoms with Crippen molar-refractivity contribution in [3.8, 4) is 11.5 Å². The first-order valence-corrected chi connectivity index (χ1v) is 19.5. The van der Waals surface area contributed by atoms with Gasteiger partial charge in [-0.15, -0.1) is 0 Å². The fourth-order valence-electron chi connectivity index (χ4n) is 6.16. The number of ketones is 2. The number of carbonyl (C=O) groups is 4. The van der Waals surface area contributed by atoms with Crippen LogP contribution in [0.15, 0.2) is 67.0 Å². The summed E-state index contributed by atoms with van der Waals surface area (Å²) in [5.41, 5.74) is 0.874. The zero-order chi connectivity index (χ0) is 41.6. The summed E-state index contributed by atoms with van der Waals surface area (Å²) in [5, 5.41) is 0.119. The monoisotopic (exact) mass is 849 g/mol. The van der Waals surface area contributed by atoms with Crippen LogP contribution in [0.25, 0.3) is 0 Å². The van der Waals surface area contributed by atoms with Gasteiger partial charge in [-0.2, -0.15) is 22.0 Å². The molecular formula is C37H38Cl2F5N3O8S. The van der Waals surface area contributed by atoms with E-state index in [4.69, 9.17) is 32.7 Å². The zero-order valence-corrected chi connectivity index (χ0v) is 32.5. The maximum absolute atomic E-state index is 15.0. The molecule has 0 spiro atoms. The lowest BCUT2D eigenvalue weighted by Gasteiger charge is -2.30. The molecule has 2 heterocycles. The van der Waals surface area contributed by atoms with Crippen molar-refractivity contribution in [1.29, 1.82) is 0 Å². The summed E-state index contributed by atoms with van der Waals surface area (Å²) in [5.74, 6) is -14.4. The lowest BCUT2D eigenvalue weighted by atomic mass is 9.82. The average Bonchev–Trinajstić information content (AvgIpc) is 3.59. The summed E-state index contributed by atoms with van der Waals surface area (Å²) in [6.45, 7) is -0.0946. The summed E-state index contributed by atoms with van der Waals surface area (Å²) in [7, 11) is -2.71. The predicted molar refractivity (Wildman–Crippen MR) is 195 cm³/mol. The van der Waals surface area contributed by atoms with E-state index in [1.165, 1.54) is 51.6 Å². The van der Waals surface area contributed by atoms with Crippen LogP contribution in [0, 0.1) is 11.8 Å². The van der Waals surface area contributed by atoms with Crippen molar-refractivity contribution < 1.29 is 59.0 Å². The van der Waals surface area contributed by atoms with E-state index >= 15 is 8.78 Å². The van der Waals surface area contributed by atoms with Crippen LogP contribution in [0.5, 0.6) is 11.5 Å². The number of Topliss-reactive ketones (excluding diaryl/α,β-unsaturated/α-hetero) is 2. The Bertz CT molecular complexity index is 1970. The molecule has 1 aromatic heterocycles. The van der Waals surface area contributed by atoms with Crippen LogP contribution in [0.2, 0.25) is 10.0 Å². The van der Waals surface area contributed by atoms with Crippen LogP contribution >= 0.6 is 23.2 Å². The third-order valence-electron chi connectivity index (χ3n) is 9.10. The summed E-state index contributed by atoms with van der Waals surface area (Å²) in [4.78, 5) is 58.8. The molecule has 19 heteroatoms. The fraction of sp³-hybridized carbons (Fsp3) is 0.432. The van der Waals surface area contributed by atoms with Crippen molar-refractivity contribution in [1.82, 2.24) is 15.2 Å². The van der Waals surface area contributed by atoms with Gasteiger partial charge in [0.25, 0.3) is 11.8 Å². The molecule has 56 heavy (non-hydrogen) atoms. The molecule has 1 fully saturated rings. The minimum Gasteiger partial charge on any atom is -0.497 e. The molecular weight excluding hydrogens is 812 g/mol. The number of sulfone groups is 1.